The normalized spacial score (nSPS) is 22.4. The number of para-hydroxylation sites is 1. The number of ether oxygens (including phenoxy) is 1. The van der Waals surface area contributed by atoms with E-state index < -0.39 is 11.4 Å². The molecule has 1 amide bonds. The first-order valence-corrected chi connectivity index (χ1v) is 7.29. The number of hydrogen-bond acceptors (Lipinski definition) is 3. The summed E-state index contributed by atoms with van der Waals surface area (Å²) in [6.45, 7) is 0.501. The molecule has 1 unspecified atom stereocenters. The van der Waals surface area contributed by atoms with Crippen LogP contribution >= 0.6 is 15.9 Å². The van der Waals surface area contributed by atoms with Crippen LogP contribution in [0.5, 0.6) is 5.75 Å². The third-order valence-electron chi connectivity index (χ3n) is 3.93. The third kappa shape index (κ3) is 2.08. The number of fused-ring (bicyclic) bond motifs is 1. The molecule has 1 aliphatic heterocycles. The smallest absolute Gasteiger partial charge is 0.319 e. The van der Waals surface area contributed by atoms with Crippen LogP contribution in [0.4, 0.5) is 0 Å². The van der Waals surface area contributed by atoms with Crippen LogP contribution in [-0.4, -0.2) is 23.6 Å². The highest BCUT2D eigenvalue weighted by Crippen LogP contribution is 2.47. The molecule has 0 radical (unpaired) electrons. The second kappa shape index (κ2) is 4.77. The SMILES string of the molecule is O=C(O)C1(C(=O)NC2CCOc3c(Br)cccc32)CC1. The third-order valence-corrected chi connectivity index (χ3v) is 4.55. The number of nitrogens with one attached hydrogen (secondary N) is 1. The zero-order valence-corrected chi connectivity index (χ0v) is 12.3. The topological polar surface area (TPSA) is 75.6 Å². The fourth-order valence-corrected chi connectivity index (χ4v) is 2.99. The van der Waals surface area contributed by atoms with Gasteiger partial charge >= 0.3 is 5.97 Å². The second-order valence-electron chi connectivity index (χ2n) is 5.21. The van der Waals surface area contributed by atoms with Gasteiger partial charge in [0.1, 0.15) is 11.2 Å². The number of halogens is 1. The molecular formula is C14H14BrNO4. The quantitative estimate of drug-likeness (QED) is 0.828. The Balaban J connectivity index is 1.82. The van der Waals surface area contributed by atoms with E-state index in [4.69, 9.17) is 9.84 Å². The van der Waals surface area contributed by atoms with E-state index in [1.54, 1.807) is 0 Å². The molecule has 0 aromatic heterocycles. The van der Waals surface area contributed by atoms with Crippen LogP contribution in [0, 0.1) is 5.41 Å². The predicted molar refractivity (Wildman–Crippen MR) is 74.4 cm³/mol. The monoisotopic (exact) mass is 339 g/mol. The van der Waals surface area contributed by atoms with Crippen LogP contribution in [0.15, 0.2) is 22.7 Å². The molecule has 106 valence electrons. The minimum Gasteiger partial charge on any atom is -0.492 e. The van der Waals surface area contributed by atoms with Gasteiger partial charge in [0.15, 0.2) is 0 Å². The molecule has 0 bridgehead atoms. The van der Waals surface area contributed by atoms with Gasteiger partial charge in [0, 0.05) is 12.0 Å². The number of benzene rings is 1. The number of carboxylic acids is 1. The summed E-state index contributed by atoms with van der Waals surface area (Å²) in [7, 11) is 0. The number of amides is 1. The number of hydrogen-bond donors (Lipinski definition) is 2. The Morgan fingerprint density at radius 1 is 1.40 bits per heavy atom. The molecule has 1 aromatic carbocycles. The standard InChI is InChI=1S/C14H14BrNO4/c15-9-3-1-2-8-10(4-7-20-11(8)9)16-12(17)14(5-6-14)13(18)19/h1-3,10H,4-7H2,(H,16,17)(H,18,19). The molecule has 1 aromatic rings. The van der Waals surface area contributed by atoms with Crippen molar-refractivity contribution in [2.24, 2.45) is 5.41 Å². The van der Waals surface area contributed by atoms with Gasteiger partial charge in [-0.1, -0.05) is 12.1 Å². The van der Waals surface area contributed by atoms with Gasteiger partial charge in [-0.3, -0.25) is 9.59 Å². The van der Waals surface area contributed by atoms with E-state index in [1.165, 1.54) is 0 Å². The van der Waals surface area contributed by atoms with Crippen LogP contribution in [0.1, 0.15) is 30.9 Å². The highest BCUT2D eigenvalue weighted by Gasteiger charge is 2.57. The molecule has 0 saturated heterocycles. The Labute approximate surface area is 124 Å². The number of carboxylic acid groups (broad SMARTS) is 1. The van der Waals surface area contributed by atoms with Crippen molar-refractivity contribution in [2.45, 2.75) is 25.3 Å². The van der Waals surface area contributed by atoms with Crippen molar-refractivity contribution in [3.8, 4) is 5.75 Å². The summed E-state index contributed by atoms with van der Waals surface area (Å²) in [5, 5.41) is 12.0. The molecule has 1 heterocycles. The number of carbonyl (C=O) groups is 2. The zero-order valence-electron chi connectivity index (χ0n) is 10.7. The van der Waals surface area contributed by atoms with Gasteiger partial charge in [0.05, 0.1) is 17.1 Å². The molecule has 6 heteroatoms. The molecule has 1 saturated carbocycles. The first-order valence-electron chi connectivity index (χ1n) is 6.50. The fourth-order valence-electron chi connectivity index (χ4n) is 2.50. The minimum absolute atomic E-state index is 0.194. The number of carbonyl (C=O) groups excluding carboxylic acids is 1. The molecular weight excluding hydrogens is 326 g/mol. The maximum absolute atomic E-state index is 12.2. The number of rotatable bonds is 3. The molecule has 3 rings (SSSR count). The summed E-state index contributed by atoms with van der Waals surface area (Å²) in [5.41, 5.74) is -0.315. The molecule has 20 heavy (non-hydrogen) atoms. The Morgan fingerprint density at radius 3 is 2.80 bits per heavy atom. The molecule has 1 fully saturated rings. The summed E-state index contributed by atoms with van der Waals surface area (Å²) in [4.78, 5) is 23.4. The van der Waals surface area contributed by atoms with Crippen LogP contribution in [0.3, 0.4) is 0 Å². The molecule has 1 aliphatic carbocycles. The highest BCUT2D eigenvalue weighted by molar-refractivity contribution is 9.10. The van der Waals surface area contributed by atoms with Crippen molar-refractivity contribution < 1.29 is 19.4 Å². The summed E-state index contributed by atoms with van der Waals surface area (Å²) < 4.78 is 6.44. The van der Waals surface area contributed by atoms with Crippen molar-refractivity contribution in [1.82, 2.24) is 5.32 Å². The number of aliphatic carboxylic acids is 1. The molecule has 2 aliphatic rings. The Morgan fingerprint density at radius 2 is 2.15 bits per heavy atom. The van der Waals surface area contributed by atoms with Crippen molar-refractivity contribution >= 4 is 27.8 Å². The second-order valence-corrected chi connectivity index (χ2v) is 6.06. The maximum atomic E-state index is 12.2. The summed E-state index contributed by atoms with van der Waals surface area (Å²) >= 11 is 3.42. The fraction of sp³-hybridized carbons (Fsp3) is 0.429. The lowest BCUT2D eigenvalue weighted by atomic mass is 9.98. The average Bonchev–Trinajstić information content (AvgIpc) is 3.21. The van der Waals surface area contributed by atoms with Gasteiger partial charge in [-0.15, -0.1) is 0 Å². The molecule has 0 spiro atoms. The van der Waals surface area contributed by atoms with E-state index in [1.807, 2.05) is 18.2 Å². The van der Waals surface area contributed by atoms with Gasteiger partial charge < -0.3 is 15.2 Å². The van der Waals surface area contributed by atoms with Crippen LogP contribution in [0.25, 0.3) is 0 Å². The van der Waals surface area contributed by atoms with Crippen molar-refractivity contribution in [3.05, 3.63) is 28.2 Å². The van der Waals surface area contributed by atoms with Crippen LogP contribution in [-0.2, 0) is 9.59 Å². The minimum atomic E-state index is -1.20. The van der Waals surface area contributed by atoms with Crippen molar-refractivity contribution in [2.75, 3.05) is 6.61 Å². The van der Waals surface area contributed by atoms with Gasteiger partial charge in [-0.05, 0) is 34.8 Å². The van der Waals surface area contributed by atoms with Gasteiger partial charge in [-0.2, -0.15) is 0 Å². The van der Waals surface area contributed by atoms with Crippen LogP contribution in [0.2, 0.25) is 0 Å². The zero-order chi connectivity index (χ0) is 14.3. The lowest BCUT2D eigenvalue weighted by molar-refractivity contribution is -0.149. The first kappa shape index (κ1) is 13.4. The Bertz CT molecular complexity index is 583. The predicted octanol–water partition coefficient (Wildman–Crippen LogP) is 2.25. The maximum Gasteiger partial charge on any atom is 0.319 e. The summed E-state index contributed by atoms with van der Waals surface area (Å²) in [6.07, 6.45) is 1.48. The van der Waals surface area contributed by atoms with Gasteiger partial charge in [-0.25, -0.2) is 0 Å². The van der Waals surface area contributed by atoms with E-state index in [2.05, 4.69) is 21.2 Å². The summed E-state index contributed by atoms with van der Waals surface area (Å²) in [6, 6.07) is 5.45. The molecule has 1 atom stereocenters. The lowest BCUT2D eigenvalue weighted by Crippen LogP contribution is -2.40. The first-order chi connectivity index (χ1) is 9.54. The van der Waals surface area contributed by atoms with E-state index in [9.17, 15) is 9.59 Å². The van der Waals surface area contributed by atoms with Gasteiger partial charge in [0.2, 0.25) is 5.91 Å². The summed E-state index contributed by atoms with van der Waals surface area (Å²) in [5.74, 6) is -0.691. The highest BCUT2D eigenvalue weighted by atomic mass is 79.9. The van der Waals surface area contributed by atoms with Crippen LogP contribution < -0.4 is 10.1 Å². The lowest BCUT2D eigenvalue weighted by Gasteiger charge is -2.28. The van der Waals surface area contributed by atoms with E-state index >= 15 is 0 Å². The average molecular weight is 340 g/mol. The van der Waals surface area contributed by atoms with E-state index in [0.717, 1.165) is 15.8 Å². The van der Waals surface area contributed by atoms with Crippen molar-refractivity contribution in [3.63, 3.8) is 0 Å². The van der Waals surface area contributed by atoms with Crippen molar-refractivity contribution in [1.29, 1.82) is 0 Å². The largest absolute Gasteiger partial charge is 0.492 e. The Hall–Kier alpha value is -1.56. The molecule has 5 nitrogen and oxygen atoms in total. The van der Waals surface area contributed by atoms with Gasteiger partial charge in [0.25, 0.3) is 0 Å². The van der Waals surface area contributed by atoms with E-state index in [0.29, 0.717) is 25.9 Å². The Kier molecular flexibility index (Phi) is 3.20. The molecule has 2 N–H and O–H groups in total. The van der Waals surface area contributed by atoms with E-state index in [-0.39, 0.29) is 11.9 Å².